The summed E-state index contributed by atoms with van der Waals surface area (Å²) in [5.41, 5.74) is 0.289. The molecule has 2 rings (SSSR count). The summed E-state index contributed by atoms with van der Waals surface area (Å²) in [4.78, 5) is 22.4. The van der Waals surface area contributed by atoms with Crippen LogP contribution in [0.1, 0.15) is 36.1 Å². The Morgan fingerprint density at radius 1 is 1.44 bits per heavy atom. The molecule has 0 bridgehead atoms. The van der Waals surface area contributed by atoms with E-state index in [1.54, 1.807) is 4.90 Å². The van der Waals surface area contributed by atoms with Crippen molar-refractivity contribution < 1.29 is 9.53 Å². The lowest BCUT2D eigenvalue weighted by atomic mass is 10.2. The zero-order chi connectivity index (χ0) is 13.1. The minimum atomic E-state index is -0.146. The van der Waals surface area contributed by atoms with Crippen LogP contribution in [0.25, 0.3) is 0 Å². The average molecular weight is 270 g/mol. The maximum absolute atomic E-state index is 12.3. The third-order valence-electron chi connectivity index (χ3n) is 2.78. The summed E-state index contributed by atoms with van der Waals surface area (Å²) < 4.78 is 5.22. The van der Waals surface area contributed by atoms with E-state index in [0.717, 1.165) is 0 Å². The molecule has 0 spiro atoms. The van der Waals surface area contributed by atoms with Gasteiger partial charge >= 0.3 is 0 Å². The first kappa shape index (κ1) is 13.2. The quantitative estimate of drug-likeness (QED) is 0.820. The fourth-order valence-electron chi connectivity index (χ4n) is 1.73. The van der Waals surface area contributed by atoms with Crippen molar-refractivity contribution >= 4 is 17.5 Å². The molecule has 1 saturated heterocycles. The number of hydrogen-bond acceptors (Lipinski definition) is 4. The third-order valence-corrected chi connectivity index (χ3v) is 3.06. The summed E-state index contributed by atoms with van der Waals surface area (Å²) >= 11 is 6.01. The number of hydrogen-bond donors (Lipinski definition) is 0. The van der Waals surface area contributed by atoms with Gasteiger partial charge in [0.15, 0.2) is 5.69 Å². The first-order chi connectivity index (χ1) is 8.59. The molecule has 1 aliphatic rings. The zero-order valence-corrected chi connectivity index (χ0v) is 11.3. The molecule has 0 saturated carbocycles. The van der Waals surface area contributed by atoms with Crippen LogP contribution in [0, 0.1) is 0 Å². The highest BCUT2D eigenvalue weighted by Crippen LogP contribution is 2.18. The zero-order valence-electron chi connectivity index (χ0n) is 10.5. The Morgan fingerprint density at radius 3 is 2.72 bits per heavy atom. The summed E-state index contributed by atoms with van der Waals surface area (Å²) in [5, 5.41) is 0.302. The fourth-order valence-corrected chi connectivity index (χ4v) is 1.90. The van der Waals surface area contributed by atoms with Gasteiger partial charge in [-0.1, -0.05) is 25.4 Å². The predicted molar refractivity (Wildman–Crippen MR) is 67.9 cm³/mol. The number of carbonyl (C=O) groups excluding carboxylic acids is 1. The minimum Gasteiger partial charge on any atom is -0.378 e. The van der Waals surface area contributed by atoms with Crippen molar-refractivity contribution in [2.45, 2.75) is 19.8 Å². The normalized spacial score (nSPS) is 16.1. The van der Waals surface area contributed by atoms with Crippen molar-refractivity contribution in [3.05, 3.63) is 22.7 Å². The molecule has 0 aliphatic carbocycles. The number of amides is 1. The molecule has 0 N–H and O–H groups in total. The monoisotopic (exact) mass is 269 g/mol. The fraction of sp³-hybridized carbons (Fsp3) is 0.583. The van der Waals surface area contributed by atoms with E-state index in [9.17, 15) is 4.79 Å². The SMILES string of the molecule is CC(C)c1ncc(Cl)c(C(=O)N2CCOCC2)n1. The van der Waals surface area contributed by atoms with E-state index in [4.69, 9.17) is 16.3 Å². The molecule has 0 atom stereocenters. The van der Waals surface area contributed by atoms with Crippen LogP contribution < -0.4 is 0 Å². The van der Waals surface area contributed by atoms with E-state index in [1.165, 1.54) is 6.20 Å². The smallest absolute Gasteiger partial charge is 0.274 e. The molecule has 6 heteroatoms. The molecule has 0 radical (unpaired) electrons. The highest BCUT2D eigenvalue weighted by Gasteiger charge is 2.23. The molecule has 98 valence electrons. The number of nitrogens with zero attached hydrogens (tertiary/aromatic N) is 3. The van der Waals surface area contributed by atoms with Gasteiger partial charge in [0.2, 0.25) is 0 Å². The molecular weight excluding hydrogens is 254 g/mol. The van der Waals surface area contributed by atoms with Crippen LogP contribution in [-0.2, 0) is 4.74 Å². The Hall–Kier alpha value is -1.20. The first-order valence-electron chi connectivity index (χ1n) is 5.99. The van der Waals surface area contributed by atoms with Crippen LogP contribution in [0.4, 0.5) is 0 Å². The lowest BCUT2D eigenvalue weighted by Crippen LogP contribution is -2.41. The van der Waals surface area contributed by atoms with E-state index < -0.39 is 0 Å². The van der Waals surface area contributed by atoms with E-state index >= 15 is 0 Å². The van der Waals surface area contributed by atoms with Crippen molar-refractivity contribution in [3.63, 3.8) is 0 Å². The number of aromatic nitrogens is 2. The van der Waals surface area contributed by atoms with E-state index in [-0.39, 0.29) is 17.5 Å². The first-order valence-corrected chi connectivity index (χ1v) is 6.37. The minimum absolute atomic E-state index is 0.146. The van der Waals surface area contributed by atoms with Crippen molar-refractivity contribution in [1.29, 1.82) is 0 Å². The van der Waals surface area contributed by atoms with Crippen LogP contribution in [0.3, 0.4) is 0 Å². The third kappa shape index (κ3) is 2.79. The van der Waals surface area contributed by atoms with Crippen molar-refractivity contribution in [2.75, 3.05) is 26.3 Å². The Morgan fingerprint density at radius 2 is 2.11 bits per heavy atom. The maximum atomic E-state index is 12.3. The molecule has 1 amide bonds. The van der Waals surface area contributed by atoms with Gasteiger partial charge in [-0.15, -0.1) is 0 Å². The molecular formula is C12H16ClN3O2. The lowest BCUT2D eigenvalue weighted by Gasteiger charge is -2.26. The Kier molecular flexibility index (Phi) is 4.14. The summed E-state index contributed by atoms with van der Waals surface area (Å²) in [6.07, 6.45) is 1.50. The number of ether oxygens (including phenoxy) is 1. The second kappa shape index (κ2) is 5.63. The largest absolute Gasteiger partial charge is 0.378 e. The van der Waals surface area contributed by atoms with Gasteiger partial charge in [0.05, 0.1) is 24.4 Å². The van der Waals surface area contributed by atoms with E-state index in [0.29, 0.717) is 37.2 Å². The van der Waals surface area contributed by atoms with Crippen LogP contribution in [-0.4, -0.2) is 47.1 Å². The lowest BCUT2D eigenvalue weighted by molar-refractivity contribution is 0.0299. The van der Waals surface area contributed by atoms with E-state index in [2.05, 4.69) is 9.97 Å². The maximum Gasteiger partial charge on any atom is 0.274 e. The van der Waals surface area contributed by atoms with Crippen LogP contribution >= 0.6 is 11.6 Å². The number of halogens is 1. The number of carbonyl (C=O) groups is 1. The molecule has 0 unspecified atom stereocenters. The van der Waals surface area contributed by atoms with Gasteiger partial charge in [-0.3, -0.25) is 4.79 Å². The summed E-state index contributed by atoms with van der Waals surface area (Å²) in [6.45, 7) is 6.24. The van der Waals surface area contributed by atoms with Gasteiger partial charge < -0.3 is 9.64 Å². The summed E-state index contributed by atoms with van der Waals surface area (Å²) in [5.74, 6) is 0.655. The van der Waals surface area contributed by atoms with Crippen LogP contribution in [0.5, 0.6) is 0 Å². The Balaban J connectivity index is 2.25. The second-order valence-corrected chi connectivity index (χ2v) is 4.89. The summed E-state index contributed by atoms with van der Waals surface area (Å²) in [7, 11) is 0. The highest BCUT2D eigenvalue weighted by molar-refractivity contribution is 6.33. The number of rotatable bonds is 2. The Labute approximate surface area is 111 Å². The standard InChI is InChI=1S/C12H16ClN3O2/c1-8(2)11-14-7-9(13)10(15-11)12(17)16-3-5-18-6-4-16/h7-8H,3-6H2,1-2H3. The molecule has 1 aromatic heterocycles. The molecule has 5 nitrogen and oxygen atoms in total. The Bertz CT molecular complexity index is 445. The van der Waals surface area contributed by atoms with Gasteiger partial charge in [0.25, 0.3) is 5.91 Å². The molecule has 0 aromatic carbocycles. The molecule has 1 fully saturated rings. The van der Waals surface area contributed by atoms with Crippen LogP contribution in [0.2, 0.25) is 5.02 Å². The highest BCUT2D eigenvalue weighted by atomic mass is 35.5. The van der Waals surface area contributed by atoms with Crippen molar-refractivity contribution in [3.8, 4) is 0 Å². The number of morpholine rings is 1. The predicted octanol–water partition coefficient (Wildman–Crippen LogP) is 1.73. The van der Waals surface area contributed by atoms with Crippen molar-refractivity contribution in [2.24, 2.45) is 0 Å². The van der Waals surface area contributed by atoms with Gasteiger partial charge in [0.1, 0.15) is 5.82 Å². The average Bonchev–Trinajstić information content (AvgIpc) is 2.39. The molecule has 2 heterocycles. The topological polar surface area (TPSA) is 55.3 Å². The van der Waals surface area contributed by atoms with Crippen molar-refractivity contribution in [1.82, 2.24) is 14.9 Å². The molecule has 1 aliphatic heterocycles. The molecule has 18 heavy (non-hydrogen) atoms. The molecule has 1 aromatic rings. The van der Waals surface area contributed by atoms with E-state index in [1.807, 2.05) is 13.8 Å². The second-order valence-electron chi connectivity index (χ2n) is 4.48. The van der Waals surface area contributed by atoms with Gasteiger partial charge in [-0.05, 0) is 0 Å². The summed E-state index contributed by atoms with van der Waals surface area (Å²) in [6, 6.07) is 0. The van der Waals surface area contributed by atoms with Crippen LogP contribution in [0.15, 0.2) is 6.20 Å². The van der Waals surface area contributed by atoms with Gasteiger partial charge in [-0.25, -0.2) is 9.97 Å². The van der Waals surface area contributed by atoms with Gasteiger partial charge in [-0.2, -0.15) is 0 Å². The van der Waals surface area contributed by atoms with Gasteiger partial charge in [0, 0.05) is 19.0 Å².